The van der Waals surface area contributed by atoms with E-state index in [1.165, 1.54) is 17.9 Å². The van der Waals surface area contributed by atoms with Gasteiger partial charge in [-0.25, -0.2) is 9.97 Å². The maximum absolute atomic E-state index is 12.9. The van der Waals surface area contributed by atoms with Crippen LogP contribution in [0, 0.1) is 6.92 Å². The molecule has 6 nitrogen and oxygen atoms in total. The minimum atomic E-state index is -4.76. The van der Waals surface area contributed by atoms with Gasteiger partial charge in [-0.15, -0.1) is 0 Å². The first-order valence-electron chi connectivity index (χ1n) is 8.64. The van der Waals surface area contributed by atoms with Crippen molar-refractivity contribution >= 4 is 11.9 Å². The number of rotatable bonds is 3. The molecule has 1 amide bonds. The Balaban J connectivity index is 1.82. The molecular weight excluding hydrogens is 375 g/mol. The quantitative estimate of drug-likeness (QED) is 0.867. The van der Waals surface area contributed by atoms with E-state index in [1.54, 1.807) is 30.3 Å². The lowest BCUT2D eigenvalue weighted by atomic mass is 9.73. The summed E-state index contributed by atoms with van der Waals surface area (Å²) in [4.78, 5) is 32.7. The number of aryl methyl sites for hydroxylation is 1. The van der Waals surface area contributed by atoms with Gasteiger partial charge < -0.3 is 10.0 Å². The minimum absolute atomic E-state index is 0.0341. The number of carbonyl (C=O) groups is 2. The Kier molecular flexibility index (Phi) is 5.10. The Morgan fingerprint density at radius 2 is 1.71 bits per heavy atom. The van der Waals surface area contributed by atoms with E-state index < -0.39 is 29.3 Å². The minimum Gasteiger partial charge on any atom is -0.481 e. The molecule has 2 heterocycles. The molecule has 0 atom stereocenters. The summed E-state index contributed by atoms with van der Waals surface area (Å²) in [6.45, 7) is 1.56. The number of carbonyl (C=O) groups excluding carboxylic acids is 1. The van der Waals surface area contributed by atoms with Gasteiger partial charge in [0.2, 0.25) is 5.82 Å². The van der Waals surface area contributed by atoms with Crippen LogP contribution in [0.15, 0.2) is 36.4 Å². The molecule has 0 radical (unpaired) electrons. The summed E-state index contributed by atoms with van der Waals surface area (Å²) in [7, 11) is 0. The van der Waals surface area contributed by atoms with Crippen molar-refractivity contribution in [3.8, 4) is 0 Å². The number of hydrogen-bond acceptors (Lipinski definition) is 4. The number of aliphatic carboxylic acids is 1. The predicted octanol–water partition coefficient (Wildman–Crippen LogP) is 3.06. The van der Waals surface area contributed by atoms with Crippen molar-refractivity contribution in [2.75, 3.05) is 13.1 Å². The first-order valence-corrected chi connectivity index (χ1v) is 8.64. The Morgan fingerprint density at radius 3 is 2.25 bits per heavy atom. The molecular formula is C19H18F3N3O3. The fourth-order valence-corrected chi connectivity index (χ4v) is 3.44. The average molecular weight is 393 g/mol. The molecule has 148 valence electrons. The number of likely N-dealkylation sites (tertiary alicyclic amines) is 1. The van der Waals surface area contributed by atoms with Gasteiger partial charge in [-0.3, -0.25) is 9.59 Å². The highest BCUT2D eigenvalue weighted by atomic mass is 19.4. The molecule has 2 aromatic rings. The maximum Gasteiger partial charge on any atom is 0.451 e. The molecule has 28 heavy (non-hydrogen) atoms. The van der Waals surface area contributed by atoms with Crippen molar-refractivity contribution in [1.82, 2.24) is 14.9 Å². The molecule has 1 aliphatic rings. The van der Waals surface area contributed by atoms with Crippen LogP contribution in [0.2, 0.25) is 0 Å². The van der Waals surface area contributed by atoms with Gasteiger partial charge in [-0.1, -0.05) is 30.3 Å². The number of alkyl halides is 3. The molecule has 1 aromatic heterocycles. The predicted molar refractivity (Wildman–Crippen MR) is 92.7 cm³/mol. The van der Waals surface area contributed by atoms with Crippen LogP contribution in [0.3, 0.4) is 0 Å². The van der Waals surface area contributed by atoms with E-state index in [9.17, 15) is 27.9 Å². The van der Waals surface area contributed by atoms with Gasteiger partial charge in [0.1, 0.15) is 5.69 Å². The van der Waals surface area contributed by atoms with Crippen molar-refractivity contribution in [2.45, 2.75) is 31.4 Å². The zero-order chi connectivity index (χ0) is 20.5. The SMILES string of the molecule is Cc1cc(C(=O)N2CCC(C(=O)O)(c3ccccc3)CC2)nc(C(F)(F)F)n1. The molecule has 1 fully saturated rings. The van der Waals surface area contributed by atoms with Crippen LogP contribution < -0.4 is 0 Å². The summed E-state index contributed by atoms with van der Waals surface area (Å²) in [5, 5.41) is 9.80. The van der Waals surface area contributed by atoms with E-state index in [2.05, 4.69) is 9.97 Å². The smallest absolute Gasteiger partial charge is 0.451 e. The van der Waals surface area contributed by atoms with Crippen LogP contribution >= 0.6 is 0 Å². The Bertz CT molecular complexity index is 892. The molecule has 3 rings (SSSR count). The third-order valence-electron chi connectivity index (χ3n) is 4.97. The van der Waals surface area contributed by atoms with Crippen molar-refractivity contribution in [3.05, 3.63) is 59.2 Å². The monoisotopic (exact) mass is 393 g/mol. The topological polar surface area (TPSA) is 83.4 Å². The molecule has 9 heteroatoms. The van der Waals surface area contributed by atoms with E-state index in [4.69, 9.17) is 0 Å². The number of aromatic nitrogens is 2. The van der Waals surface area contributed by atoms with E-state index in [0.29, 0.717) is 5.56 Å². The lowest BCUT2D eigenvalue weighted by Gasteiger charge is -2.39. The van der Waals surface area contributed by atoms with E-state index >= 15 is 0 Å². The molecule has 1 N–H and O–H groups in total. The summed E-state index contributed by atoms with van der Waals surface area (Å²) in [5.74, 6) is -3.01. The summed E-state index contributed by atoms with van der Waals surface area (Å²) < 4.78 is 38.7. The Morgan fingerprint density at radius 1 is 1.11 bits per heavy atom. The third-order valence-corrected chi connectivity index (χ3v) is 4.97. The standard InChI is InChI=1S/C19H18F3N3O3/c1-12-11-14(24-16(23-12)19(20,21)22)15(26)25-9-7-18(8-10-25,17(27)28)13-5-3-2-4-6-13/h2-6,11H,7-10H2,1H3,(H,27,28). The molecule has 0 saturated carbocycles. The first kappa shape index (κ1) is 19.8. The molecule has 0 aliphatic carbocycles. The Labute approximate surface area is 159 Å². The van der Waals surface area contributed by atoms with E-state index in [1.807, 2.05) is 0 Å². The van der Waals surface area contributed by atoms with Crippen molar-refractivity contribution in [2.24, 2.45) is 0 Å². The van der Waals surface area contributed by atoms with Gasteiger partial charge in [0, 0.05) is 18.8 Å². The molecule has 1 saturated heterocycles. The van der Waals surface area contributed by atoms with Crippen LogP contribution in [-0.4, -0.2) is 44.9 Å². The molecule has 0 unspecified atom stereocenters. The highest BCUT2D eigenvalue weighted by molar-refractivity contribution is 5.93. The lowest BCUT2D eigenvalue weighted by molar-refractivity contribution is -0.146. The van der Waals surface area contributed by atoms with E-state index in [-0.39, 0.29) is 37.3 Å². The second kappa shape index (κ2) is 7.21. The van der Waals surface area contributed by atoms with Crippen molar-refractivity contribution in [3.63, 3.8) is 0 Å². The van der Waals surface area contributed by atoms with Crippen LogP contribution in [0.5, 0.6) is 0 Å². The zero-order valence-corrected chi connectivity index (χ0v) is 15.0. The van der Waals surface area contributed by atoms with Gasteiger partial charge >= 0.3 is 12.1 Å². The van der Waals surface area contributed by atoms with Gasteiger partial charge in [-0.05, 0) is 31.4 Å². The van der Waals surface area contributed by atoms with E-state index in [0.717, 1.165) is 0 Å². The number of amides is 1. The van der Waals surface area contributed by atoms with Crippen molar-refractivity contribution < 1.29 is 27.9 Å². The van der Waals surface area contributed by atoms with Crippen molar-refractivity contribution in [1.29, 1.82) is 0 Å². The van der Waals surface area contributed by atoms with Gasteiger partial charge in [0.05, 0.1) is 5.41 Å². The highest BCUT2D eigenvalue weighted by Crippen LogP contribution is 2.36. The number of hydrogen-bond donors (Lipinski definition) is 1. The average Bonchev–Trinajstić information content (AvgIpc) is 2.67. The summed E-state index contributed by atoms with van der Waals surface area (Å²) in [6.07, 6.45) is -4.43. The van der Waals surface area contributed by atoms with Crippen LogP contribution in [0.25, 0.3) is 0 Å². The van der Waals surface area contributed by atoms with Crippen LogP contribution in [-0.2, 0) is 16.4 Å². The largest absolute Gasteiger partial charge is 0.481 e. The number of carboxylic acid groups (broad SMARTS) is 1. The zero-order valence-electron chi connectivity index (χ0n) is 15.0. The Hall–Kier alpha value is -2.97. The van der Waals surface area contributed by atoms with Gasteiger partial charge in [0.15, 0.2) is 0 Å². The molecule has 0 bridgehead atoms. The third kappa shape index (κ3) is 3.69. The first-order chi connectivity index (χ1) is 13.1. The summed E-state index contributed by atoms with van der Waals surface area (Å²) in [6, 6.07) is 9.95. The number of halogens is 3. The number of carboxylic acids is 1. The molecule has 0 spiro atoms. The van der Waals surface area contributed by atoms with Gasteiger partial charge in [0.25, 0.3) is 5.91 Å². The summed E-state index contributed by atoms with van der Waals surface area (Å²) in [5.41, 5.74) is -0.794. The summed E-state index contributed by atoms with van der Waals surface area (Å²) >= 11 is 0. The maximum atomic E-state index is 12.9. The highest BCUT2D eigenvalue weighted by Gasteiger charge is 2.44. The fraction of sp³-hybridized carbons (Fsp3) is 0.368. The molecule has 1 aromatic carbocycles. The number of benzene rings is 1. The second-order valence-corrected chi connectivity index (χ2v) is 6.76. The normalized spacial score (nSPS) is 16.6. The number of nitrogens with zero attached hydrogens (tertiary/aromatic N) is 3. The second-order valence-electron chi connectivity index (χ2n) is 6.76. The van der Waals surface area contributed by atoms with Crippen LogP contribution in [0.1, 0.15) is 40.4 Å². The van der Waals surface area contributed by atoms with Gasteiger partial charge in [-0.2, -0.15) is 13.2 Å². The fourth-order valence-electron chi connectivity index (χ4n) is 3.44. The van der Waals surface area contributed by atoms with Crippen LogP contribution in [0.4, 0.5) is 13.2 Å². The molecule has 1 aliphatic heterocycles. The number of piperidine rings is 1. The lowest BCUT2D eigenvalue weighted by Crippen LogP contribution is -2.49.